The van der Waals surface area contributed by atoms with Gasteiger partial charge in [-0.05, 0) is 13.0 Å². The van der Waals surface area contributed by atoms with Gasteiger partial charge in [-0.25, -0.2) is 4.99 Å². The molecule has 0 amide bonds. The Balaban J connectivity index is 3.31. The Morgan fingerprint density at radius 2 is 2.17 bits per heavy atom. The topological polar surface area (TPSA) is 64.4 Å². The Labute approximate surface area is 109 Å². The summed E-state index contributed by atoms with van der Waals surface area (Å²) in [7, 11) is 0. The maximum absolute atomic E-state index is 5.95. The lowest BCUT2D eigenvalue weighted by Gasteiger charge is -2.05. The Kier molecular flexibility index (Phi) is 4.56. The number of aliphatic imine (C=N–C) groups is 1. The monoisotopic (exact) mass is 241 g/mol. The van der Waals surface area contributed by atoms with Crippen LogP contribution in [0.5, 0.6) is 0 Å². The normalized spacial score (nSPS) is 16.3. The molecule has 1 aliphatic heterocycles. The van der Waals surface area contributed by atoms with Crippen LogP contribution in [0.3, 0.4) is 0 Å². The van der Waals surface area contributed by atoms with Gasteiger partial charge in [0.1, 0.15) is 5.84 Å². The molecule has 0 aliphatic carbocycles. The summed E-state index contributed by atoms with van der Waals surface area (Å²) in [4.78, 5) is 4.12. The Morgan fingerprint density at radius 1 is 1.50 bits per heavy atom. The molecule has 0 fully saturated rings. The molecule has 18 heavy (non-hydrogen) atoms. The molecule has 3 heteroatoms. The zero-order valence-corrected chi connectivity index (χ0v) is 11.1. The maximum Gasteiger partial charge on any atom is 0.130 e. The maximum atomic E-state index is 5.95. The van der Waals surface area contributed by atoms with Crippen LogP contribution in [0.2, 0.25) is 0 Å². The van der Waals surface area contributed by atoms with E-state index in [1.807, 2.05) is 32.9 Å². The molecule has 0 aromatic rings. The number of rotatable bonds is 1. The van der Waals surface area contributed by atoms with E-state index in [2.05, 4.69) is 23.4 Å². The number of nitrogens with zero attached hydrogens (tertiary/aromatic N) is 1. The molecule has 94 valence electrons. The molecule has 4 N–H and O–H groups in total. The van der Waals surface area contributed by atoms with Gasteiger partial charge in [-0.15, -0.1) is 0 Å². The van der Waals surface area contributed by atoms with E-state index in [0.717, 1.165) is 11.1 Å². The predicted molar refractivity (Wildman–Crippen MR) is 77.5 cm³/mol. The van der Waals surface area contributed by atoms with Gasteiger partial charge in [0, 0.05) is 34.5 Å². The quantitative estimate of drug-likeness (QED) is 0.691. The molecule has 1 heterocycles. The fourth-order valence-corrected chi connectivity index (χ4v) is 1.32. The second-order valence-corrected chi connectivity index (χ2v) is 4.31. The second-order valence-electron chi connectivity index (χ2n) is 4.31. The first-order valence-corrected chi connectivity index (χ1v) is 5.84. The van der Waals surface area contributed by atoms with Gasteiger partial charge in [-0.1, -0.05) is 38.3 Å². The Morgan fingerprint density at radius 3 is 2.72 bits per heavy atom. The van der Waals surface area contributed by atoms with Crippen LogP contribution in [0.1, 0.15) is 20.8 Å². The average Bonchev–Trinajstić information content (AvgIpc) is 2.47. The first kappa shape index (κ1) is 13.9. The van der Waals surface area contributed by atoms with Crippen molar-refractivity contribution in [2.24, 2.45) is 22.4 Å². The zero-order valence-electron chi connectivity index (χ0n) is 11.1. The van der Waals surface area contributed by atoms with Gasteiger partial charge < -0.3 is 11.5 Å². The number of amidine groups is 1. The van der Waals surface area contributed by atoms with Crippen molar-refractivity contribution in [1.29, 1.82) is 0 Å². The molecule has 0 spiro atoms. The number of hydrogen-bond acceptors (Lipinski definition) is 3. The molecule has 0 saturated carbocycles. The van der Waals surface area contributed by atoms with Crippen LogP contribution in [-0.2, 0) is 0 Å². The molecule has 0 atom stereocenters. The Bertz CT molecular complexity index is 532. The van der Waals surface area contributed by atoms with Gasteiger partial charge in [-0.3, -0.25) is 0 Å². The minimum atomic E-state index is 0.286. The smallest absolute Gasteiger partial charge is 0.130 e. The molecular formula is C15H19N3. The van der Waals surface area contributed by atoms with Crippen molar-refractivity contribution in [2.75, 3.05) is 0 Å². The lowest BCUT2D eigenvalue weighted by molar-refractivity contribution is 0.866. The van der Waals surface area contributed by atoms with Crippen LogP contribution in [0, 0.1) is 17.8 Å². The van der Waals surface area contributed by atoms with Crippen molar-refractivity contribution in [1.82, 2.24) is 0 Å². The van der Waals surface area contributed by atoms with Crippen LogP contribution >= 0.6 is 0 Å². The summed E-state index contributed by atoms with van der Waals surface area (Å²) >= 11 is 0. The summed E-state index contributed by atoms with van der Waals surface area (Å²) in [6.45, 7) is 9.80. The summed E-state index contributed by atoms with van der Waals surface area (Å²) in [5, 5.41) is 0. The first-order valence-electron chi connectivity index (χ1n) is 5.84. The number of allylic oxidation sites excluding steroid dienone is 2. The highest BCUT2D eigenvalue weighted by Crippen LogP contribution is 2.20. The van der Waals surface area contributed by atoms with E-state index in [1.165, 1.54) is 0 Å². The standard InChI is InChI=1S/C15H19N3/c1-5-14(16)13-9-18-15(17)11(4)8-12(13)7-6-10(2)3/h5,8-10H,4,16H2,1-3H3,(H2,17,18). The van der Waals surface area contributed by atoms with E-state index >= 15 is 0 Å². The molecule has 1 rings (SSSR count). The summed E-state index contributed by atoms with van der Waals surface area (Å²) < 4.78 is 0. The van der Waals surface area contributed by atoms with E-state index in [1.54, 1.807) is 6.20 Å². The van der Waals surface area contributed by atoms with E-state index < -0.39 is 0 Å². The fourth-order valence-electron chi connectivity index (χ4n) is 1.32. The molecule has 0 unspecified atom stereocenters. The molecule has 0 radical (unpaired) electrons. The van der Waals surface area contributed by atoms with E-state index in [0.29, 0.717) is 17.1 Å². The average molecular weight is 241 g/mol. The van der Waals surface area contributed by atoms with Crippen molar-refractivity contribution >= 4 is 5.84 Å². The van der Waals surface area contributed by atoms with Gasteiger partial charge in [0.15, 0.2) is 0 Å². The van der Waals surface area contributed by atoms with Gasteiger partial charge in [0.05, 0.1) is 0 Å². The van der Waals surface area contributed by atoms with Gasteiger partial charge in [-0.2, -0.15) is 0 Å². The van der Waals surface area contributed by atoms with Crippen molar-refractivity contribution in [3.8, 4) is 11.8 Å². The minimum absolute atomic E-state index is 0.286. The van der Waals surface area contributed by atoms with E-state index in [9.17, 15) is 0 Å². The predicted octanol–water partition coefficient (Wildman–Crippen LogP) is 2.25. The largest absolute Gasteiger partial charge is 0.398 e. The Hall–Kier alpha value is -2.21. The number of nitrogens with two attached hydrogens (primary N) is 2. The van der Waals surface area contributed by atoms with Crippen molar-refractivity contribution in [3.05, 3.63) is 47.3 Å². The SMILES string of the molecule is C=C1C=C(C#CC(C)C)C(C(N)=CC)=CN=C1N. The van der Waals surface area contributed by atoms with Gasteiger partial charge >= 0.3 is 0 Å². The van der Waals surface area contributed by atoms with Crippen molar-refractivity contribution in [2.45, 2.75) is 20.8 Å². The summed E-state index contributed by atoms with van der Waals surface area (Å²) in [5.74, 6) is 6.89. The van der Waals surface area contributed by atoms with Gasteiger partial charge in [0.2, 0.25) is 0 Å². The lowest BCUT2D eigenvalue weighted by atomic mass is 10.0. The van der Waals surface area contributed by atoms with Crippen LogP contribution in [0.25, 0.3) is 0 Å². The molecule has 0 aromatic heterocycles. The van der Waals surface area contributed by atoms with E-state index in [4.69, 9.17) is 11.5 Å². The molecule has 0 bridgehead atoms. The summed E-state index contributed by atoms with van der Waals surface area (Å²) in [6.07, 6.45) is 5.28. The highest BCUT2D eigenvalue weighted by Gasteiger charge is 2.11. The number of hydrogen-bond donors (Lipinski definition) is 2. The third-order valence-electron chi connectivity index (χ3n) is 2.39. The van der Waals surface area contributed by atoms with Crippen LogP contribution in [0.4, 0.5) is 0 Å². The zero-order chi connectivity index (χ0) is 13.7. The third-order valence-corrected chi connectivity index (χ3v) is 2.39. The highest BCUT2D eigenvalue weighted by molar-refractivity contribution is 6.00. The van der Waals surface area contributed by atoms with Crippen LogP contribution in [0.15, 0.2) is 52.3 Å². The van der Waals surface area contributed by atoms with Crippen LogP contribution in [-0.4, -0.2) is 5.84 Å². The molecule has 1 aliphatic rings. The molecule has 0 aromatic carbocycles. The fraction of sp³-hybridized carbons (Fsp3) is 0.267. The molecule has 3 nitrogen and oxygen atoms in total. The summed E-state index contributed by atoms with van der Waals surface area (Å²) in [6, 6.07) is 0. The highest BCUT2D eigenvalue weighted by atomic mass is 14.8. The van der Waals surface area contributed by atoms with Crippen LogP contribution < -0.4 is 11.5 Å². The first-order chi connectivity index (χ1) is 8.45. The lowest BCUT2D eigenvalue weighted by Crippen LogP contribution is -2.11. The molecule has 0 saturated heterocycles. The minimum Gasteiger partial charge on any atom is -0.398 e. The van der Waals surface area contributed by atoms with E-state index in [-0.39, 0.29) is 5.92 Å². The van der Waals surface area contributed by atoms with Crippen molar-refractivity contribution < 1.29 is 0 Å². The molecular weight excluding hydrogens is 222 g/mol. The van der Waals surface area contributed by atoms with Crippen molar-refractivity contribution in [3.63, 3.8) is 0 Å². The third kappa shape index (κ3) is 3.39. The van der Waals surface area contributed by atoms with Gasteiger partial charge in [0.25, 0.3) is 0 Å². The summed E-state index contributed by atoms with van der Waals surface area (Å²) in [5.41, 5.74) is 14.6. The second kappa shape index (κ2) is 5.92.